The molecule has 9 N–H and O–H groups in total. The zero-order chi connectivity index (χ0) is 26.8. The molecule has 1 aromatic heterocycles. The number of anilines is 1. The Morgan fingerprint density at radius 3 is 2.61 bits per heavy atom. The Hall–Kier alpha value is -3.90. The third-order valence-corrected chi connectivity index (χ3v) is 6.96. The van der Waals surface area contributed by atoms with Gasteiger partial charge in [0.25, 0.3) is 17.7 Å². The number of nitrogens with two attached hydrogens (primary N) is 3. The number of hydrogen-bond acceptors (Lipinski definition) is 13. The van der Waals surface area contributed by atoms with E-state index in [1.54, 1.807) is 0 Å². The van der Waals surface area contributed by atoms with Crippen molar-refractivity contribution in [2.24, 2.45) is 16.7 Å². The van der Waals surface area contributed by atoms with Crippen molar-refractivity contribution in [2.45, 2.75) is 30.9 Å². The zero-order valence-electron chi connectivity index (χ0n) is 18.8. The van der Waals surface area contributed by atoms with Crippen molar-refractivity contribution in [1.82, 2.24) is 20.6 Å². The van der Waals surface area contributed by atoms with Crippen LogP contribution in [0.15, 0.2) is 21.8 Å². The van der Waals surface area contributed by atoms with Crippen LogP contribution in [0.3, 0.4) is 0 Å². The second-order valence-corrected chi connectivity index (χ2v) is 9.81. The Kier molecular flexibility index (Phi) is 7.70. The summed E-state index contributed by atoms with van der Waals surface area (Å²) in [5.41, 5.74) is 10.4. The van der Waals surface area contributed by atoms with Gasteiger partial charge in [-0.2, -0.15) is 0 Å². The predicted octanol–water partition coefficient (Wildman–Crippen LogP) is -1.95. The first-order chi connectivity index (χ1) is 16.9. The van der Waals surface area contributed by atoms with Crippen molar-refractivity contribution >= 4 is 63.7 Å². The number of thioether (sulfide) groups is 1. The smallest absolute Gasteiger partial charge is 0.404 e. The molecule has 2 aliphatic rings. The van der Waals surface area contributed by atoms with Crippen LogP contribution in [0.4, 0.5) is 9.93 Å². The number of primary amides is 1. The molecular weight excluding hydrogens is 520 g/mol. The first kappa shape index (κ1) is 26.7. The number of hydrazine groups is 1. The molecule has 18 heteroatoms. The standard InChI is InChI=1S/C18H22N8O8S2/c1-18(2,15(31)24-21)34-25-8(7-5-36-16(19)22-7)11(27)23-9-12(28)26-10(14(29)30)6(3-33-17(20)32)4-35-13(9)26/h5,9,13H,3-4,21H2,1-2H3,(H2,19,22)(H2,20,32)(H,23,27)(H,24,31)(H,29,30)/t9?,13-/m1/s1. The number of carboxylic acid groups (broad SMARTS) is 1. The highest BCUT2D eigenvalue weighted by Crippen LogP contribution is 2.40. The van der Waals surface area contributed by atoms with Crippen molar-refractivity contribution in [3.63, 3.8) is 0 Å². The molecule has 2 atom stereocenters. The number of carboxylic acids is 1. The summed E-state index contributed by atoms with van der Waals surface area (Å²) in [6.45, 7) is 2.31. The topological polar surface area (TPSA) is 255 Å². The van der Waals surface area contributed by atoms with E-state index in [2.05, 4.69) is 20.2 Å². The molecule has 0 saturated carbocycles. The molecule has 1 saturated heterocycles. The number of nitrogens with one attached hydrogen (secondary N) is 2. The lowest BCUT2D eigenvalue weighted by Crippen LogP contribution is -2.71. The normalized spacial score (nSPS) is 19.7. The minimum atomic E-state index is -1.56. The number of thiazole rings is 1. The Balaban J connectivity index is 1.82. The number of rotatable bonds is 9. The molecule has 3 rings (SSSR count). The van der Waals surface area contributed by atoms with Crippen LogP contribution in [0.2, 0.25) is 0 Å². The van der Waals surface area contributed by atoms with Crippen LogP contribution in [0.5, 0.6) is 0 Å². The van der Waals surface area contributed by atoms with Gasteiger partial charge in [0.05, 0.1) is 0 Å². The van der Waals surface area contributed by atoms with Gasteiger partial charge in [0.2, 0.25) is 5.60 Å². The maximum atomic E-state index is 13.1. The lowest BCUT2D eigenvalue weighted by atomic mass is 10.0. The van der Waals surface area contributed by atoms with Crippen molar-refractivity contribution in [1.29, 1.82) is 0 Å². The summed E-state index contributed by atoms with van der Waals surface area (Å²) in [7, 11) is 0. The molecule has 1 aromatic rings. The second kappa shape index (κ2) is 10.4. The van der Waals surface area contributed by atoms with Gasteiger partial charge in [0.1, 0.15) is 29.4 Å². The van der Waals surface area contributed by atoms with E-state index in [0.29, 0.717) is 0 Å². The number of nitrogens with zero attached hydrogens (tertiary/aromatic N) is 3. The number of aliphatic carboxylic acids is 1. The van der Waals surface area contributed by atoms with Gasteiger partial charge in [-0.3, -0.25) is 24.7 Å². The Morgan fingerprint density at radius 1 is 1.36 bits per heavy atom. The van der Waals surface area contributed by atoms with E-state index < -0.39 is 53.4 Å². The fraction of sp³-hybridized carbons (Fsp3) is 0.389. The van der Waals surface area contributed by atoms with E-state index >= 15 is 0 Å². The van der Waals surface area contributed by atoms with Crippen molar-refractivity contribution in [2.75, 3.05) is 18.1 Å². The number of aromatic nitrogens is 1. The molecule has 0 spiro atoms. The monoisotopic (exact) mass is 542 g/mol. The summed E-state index contributed by atoms with van der Waals surface area (Å²) >= 11 is 2.17. The summed E-state index contributed by atoms with van der Waals surface area (Å²) in [6.07, 6.45) is -1.09. The molecule has 0 radical (unpaired) electrons. The first-order valence-corrected chi connectivity index (χ1v) is 11.9. The quantitative estimate of drug-likeness (QED) is 0.0654. The molecule has 1 unspecified atom stereocenters. The molecule has 36 heavy (non-hydrogen) atoms. The molecule has 0 aromatic carbocycles. The van der Waals surface area contributed by atoms with E-state index in [0.717, 1.165) is 28.0 Å². The van der Waals surface area contributed by atoms with E-state index in [4.69, 9.17) is 22.1 Å². The molecule has 16 nitrogen and oxygen atoms in total. The molecule has 0 aliphatic carbocycles. The number of fused-ring (bicyclic) bond motifs is 1. The number of ether oxygens (including phenoxy) is 1. The molecular formula is C18H22N8O8S2. The third-order valence-electron chi connectivity index (χ3n) is 4.95. The Bertz CT molecular complexity index is 1180. The Labute approximate surface area is 211 Å². The van der Waals surface area contributed by atoms with Gasteiger partial charge in [-0.1, -0.05) is 5.16 Å². The molecule has 3 heterocycles. The van der Waals surface area contributed by atoms with Crippen LogP contribution >= 0.6 is 23.1 Å². The van der Waals surface area contributed by atoms with Gasteiger partial charge >= 0.3 is 12.1 Å². The molecule has 1 fully saturated rings. The van der Waals surface area contributed by atoms with E-state index in [1.165, 1.54) is 19.2 Å². The number of carbonyl (C=O) groups excluding carboxylic acids is 4. The number of carbonyl (C=O) groups is 5. The highest BCUT2D eigenvalue weighted by atomic mass is 32.2. The minimum Gasteiger partial charge on any atom is -0.477 e. The van der Waals surface area contributed by atoms with Crippen LogP contribution in [0.25, 0.3) is 0 Å². The van der Waals surface area contributed by atoms with Gasteiger partial charge in [0, 0.05) is 16.7 Å². The van der Waals surface area contributed by atoms with Crippen LogP contribution in [0, 0.1) is 0 Å². The summed E-state index contributed by atoms with van der Waals surface area (Å²) in [5, 5.41) is 16.7. The largest absolute Gasteiger partial charge is 0.477 e. The molecule has 4 amide bonds. The third kappa shape index (κ3) is 5.34. The van der Waals surface area contributed by atoms with Gasteiger partial charge in [-0.25, -0.2) is 20.4 Å². The van der Waals surface area contributed by atoms with E-state index in [1.807, 2.05) is 5.43 Å². The summed E-state index contributed by atoms with van der Waals surface area (Å²) < 4.78 is 4.67. The van der Waals surface area contributed by atoms with Crippen LogP contribution in [-0.4, -0.2) is 79.9 Å². The van der Waals surface area contributed by atoms with Crippen molar-refractivity contribution < 1.29 is 38.7 Å². The SMILES string of the molecule is CC(C)(ON=C(C(=O)NC1C(=O)N2C(C(=O)O)=C(COC(N)=O)CS[C@H]12)c1csc(N)n1)C(=O)NN. The predicted molar refractivity (Wildman–Crippen MR) is 126 cm³/mol. The van der Waals surface area contributed by atoms with Gasteiger partial charge in [-0.05, 0) is 13.8 Å². The number of β-lactam (4-membered cyclic amide) rings is 1. The first-order valence-electron chi connectivity index (χ1n) is 9.99. The van der Waals surface area contributed by atoms with Gasteiger partial charge in [-0.15, -0.1) is 23.1 Å². The number of hydrogen-bond donors (Lipinski definition) is 6. The zero-order valence-corrected chi connectivity index (χ0v) is 20.5. The molecule has 194 valence electrons. The van der Waals surface area contributed by atoms with Crippen molar-refractivity contribution in [3.05, 3.63) is 22.3 Å². The average molecular weight is 543 g/mol. The Morgan fingerprint density at radius 2 is 2.06 bits per heavy atom. The second-order valence-electron chi connectivity index (χ2n) is 7.81. The fourth-order valence-corrected chi connectivity index (χ4v) is 5.01. The fourth-order valence-electron chi connectivity index (χ4n) is 3.14. The summed E-state index contributed by atoms with van der Waals surface area (Å²) in [5.74, 6) is 1.50. The lowest BCUT2D eigenvalue weighted by molar-refractivity contribution is -0.150. The van der Waals surface area contributed by atoms with Crippen LogP contribution in [0.1, 0.15) is 19.5 Å². The summed E-state index contributed by atoms with van der Waals surface area (Å²) in [6, 6.07) is -1.11. The number of amides is 4. The molecule has 0 bridgehead atoms. The van der Waals surface area contributed by atoms with E-state index in [9.17, 15) is 29.1 Å². The average Bonchev–Trinajstić information content (AvgIpc) is 3.25. The maximum absolute atomic E-state index is 13.1. The van der Waals surface area contributed by atoms with E-state index in [-0.39, 0.29) is 33.6 Å². The van der Waals surface area contributed by atoms with Crippen LogP contribution < -0.4 is 28.1 Å². The minimum absolute atomic E-state index is 0.0240. The summed E-state index contributed by atoms with van der Waals surface area (Å²) in [4.78, 5) is 70.7. The lowest BCUT2D eigenvalue weighted by Gasteiger charge is -2.49. The van der Waals surface area contributed by atoms with Crippen LogP contribution in [-0.2, 0) is 28.8 Å². The van der Waals surface area contributed by atoms with Gasteiger partial charge in [0.15, 0.2) is 10.8 Å². The van der Waals surface area contributed by atoms with Crippen molar-refractivity contribution in [3.8, 4) is 0 Å². The number of oxime groups is 1. The highest BCUT2D eigenvalue weighted by Gasteiger charge is 2.54. The number of nitrogen functional groups attached to an aromatic ring is 1. The molecule has 2 aliphatic heterocycles. The highest BCUT2D eigenvalue weighted by molar-refractivity contribution is 8.00. The maximum Gasteiger partial charge on any atom is 0.404 e. The van der Waals surface area contributed by atoms with Gasteiger partial charge < -0.3 is 31.5 Å².